The molecule has 1 aromatic rings. The number of esters is 1. The van der Waals surface area contributed by atoms with E-state index in [0.29, 0.717) is 6.61 Å². The second-order valence-electron chi connectivity index (χ2n) is 4.87. The molecular weight excluding hydrogens is 224 g/mol. The van der Waals surface area contributed by atoms with Crippen LogP contribution in [-0.2, 0) is 9.53 Å². The molecule has 0 heterocycles. The number of rotatable bonds is 6. The van der Waals surface area contributed by atoms with E-state index in [0.717, 1.165) is 24.8 Å². The fourth-order valence-corrected chi connectivity index (χ4v) is 2.28. The largest absolute Gasteiger partial charge is 0.466 e. The zero-order chi connectivity index (χ0) is 13.5. The molecular formula is C16H24O2. The molecule has 1 unspecified atom stereocenters. The van der Waals surface area contributed by atoms with Crippen molar-refractivity contribution < 1.29 is 9.53 Å². The van der Waals surface area contributed by atoms with E-state index < -0.39 is 0 Å². The SMILES string of the molecule is CCCCC(C(=O)OCC)c1cc(C)cc(C)c1. The van der Waals surface area contributed by atoms with Gasteiger partial charge in [0, 0.05) is 0 Å². The molecule has 2 nitrogen and oxygen atoms in total. The Balaban J connectivity index is 2.96. The summed E-state index contributed by atoms with van der Waals surface area (Å²) in [7, 11) is 0. The van der Waals surface area contributed by atoms with Gasteiger partial charge in [0.2, 0.25) is 0 Å². The van der Waals surface area contributed by atoms with Crippen molar-refractivity contribution in [2.24, 2.45) is 0 Å². The molecule has 0 aromatic heterocycles. The lowest BCUT2D eigenvalue weighted by molar-refractivity contribution is -0.145. The van der Waals surface area contributed by atoms with Crippen LogP contribution in [0.4, 0.5) is 0 Å². The third-order valence-corrected chi connectivity index (χ3v) is 3.06. The molecule has 0 aliphatic heterocycles. The van der Waals surface area contributed by atoms with Crippen molar-refractivity contribution >= 4 is 5.97 Å². The molecule has 1 rings (SSSR count). The van der Waals surface area contributed by atoms with Gasteiger partial charge in [-0.25, -0.2) is 0 Å². The molecule has 0 fully saturated rings. The maximum absolute atomic E-state index is 12.0. The first-order valence-electron chi connectivity index (χ1n) is 6.83. The second-order valence-corrected chi connectivity index (χ2v) is 4.87. The molecule has 100 valence electrons. The van der Waals surface area contributed by atoms with E-state index in [1.807, 2.05) is 6.92 Å². The highest BCUT2D eigenvalue weighted by Crippen LogP contribution is 2.25. The quantitative estimate of drug-likeness (QED) is 0.707. The van der Waals surface area contributed by atoms with Crippen molar-refractivity contribution in [3.05, 3.63) is 34.9 Å². The van der Waals surface area contributed by atoms with Crippen LogP contribution in [0.25, 0.3) is 0 Å². The normalized spacial score (nSPS) is 12.2. The van der Waals surface area contributed by atoms with E-state index in [1.54, 1.807) is 0 Å². The van der Waals surface area contributed by atoms with Crippen LogP contribution < -0.4 is 0 Å². The minimum Gasteiger partial charge on any atom is -0.466 e. The van der Waals surface area contributed by atoms with Crippen molar-refractivity contribution in [3.63, 3.8) is 0 Å². The van der Waals surface area contributed by atoms with Crippen LogP contribution in [0, 0.1) is 13.8 Å². The monoisotopic (exact) mass is 248 g/mol. The summed E-state index contributed by atoms with van der Waals surface area (Å²) in [4.78, 5) is 12.0. The lowest BCUT2D eigenvalue weighted by Crippen LogP contribution is -2.16. The molecule has 2 heteroatoms. The van der Waals surface area contributed by atoms with Gasteiger partial charge in [0.1, 0.15) is 0 Å². The van der Waals surface area contributed by atoms with Gasteiger partial charge in [-0.1, -0.05) is 49.1 Å². The minimum atomic E-state index is -0.108. The van der Waals surface area contributed by atoms with Gasteiger partial charge < -0.3 is 4.74 Å². The van der Waals surface area contributed by atoms with Crippen LogP contribution in [0.3, 0.4) is 0 Å². The molecule has 1 atom stereocenters. The van der Waals surface area contributed by atoms with E-state index in [-0.39, 0.29) is 11.9 Å². The number of benzene rings is 1. The van der Waals surface area contributed by atoms with Crippen molar-refractivity contribution in [1.29, 1.82) is 0 Å². The molecule has 0 saturated heterocycles. The molecule has 0 spiro atoms. The number of hydrogen-bond donors (Lipinski definition) is 0. The highest BCUT2D eigenvalue weighted by molar-refractivity contribution is 5.78. The lowest BCUT2D eigenvalue weighted by atomic mass is 9.91. The summed E-state index contributed by atoms with van der Waals surface area (Å²) in [5.74, 6) is -0.195. The van der Waals surface area contributed by atoms with Crippen LogP contribution in [-0.4, -0.2) is 12.6 Å². The van der Waals surface area contributed by atoms with Gasteiger partial charge in [0.25, 0.3) is 0 Å². The predicted octanol–water partition coefficient (Wildman–Crippen LogP) is 4.14. The first-order chi connectivity index (χ1) is 8.58. The van der Waals surface area contributed by atoms with Crippen molar-refractivity contribution in [2.45, 2.75) is 52.9 Å². The number of carbonyl (C=O) groups excluding carboxylic acids is 1. The van der Waals surface area contributed by atoms with E-state index in [4.69, 9.17) is 4.74 Å². The van der Waals surface area contributed by atoms with Crippen molar-refractivity contribution in [2.75, 3.05) is 6.61 Å². The predicted molar refractivity (Wildman–Crippen MR) is 74.8 cm³/mol. The Labute approximate surface area is 110 Å². The molecule has 0 N–H and O–H groups in total. The smallest absolute Gasteiger partial charge is 0.313 e. The number of ether oxygens (including phenoxy) is 1. The Morgan fingerprint density at radius 2 is 1.78 bits per heavy atom. The van der Waals surface area contributed by atoms with Crippen LogP contribution >= 0.6 is 0 Å². The fourth-order valence-electron chi connectivity index (χ4n) is 2.28. The third-order valence-electron chi connectivity index (χ3n) is 3.06. The van der Waals surface area contributed by atoms with Crippen molar-refractivity contribution in [3.8, 4) is 0 Å². The summed E-state index contributed by atoms with van der Waals surface area (Å²) in [6, 6.07) is 6.33. The second kappa shape index (κ2) is 7.20. The molecule has 0 radical (unpaired) electrons. The number of carbonyl (C=O) groups is 1. The van der Waals surface area contributed by atoms with Gasteiger partial charge in [-0.05, 0) is 32.8 Å². The first kappa shape index (κ1) is 14.7. The number of unbranched alkanes of at least 4 members (excludes halogenated alkanes) is 1. The fraction of sp³-hybridized carbons (Fsp3) is 0.562. The summed E-state index contributed by atoms with van der Waals surface area (Å²) >= 11 is 0. The summed E-state index contributed by atoms with van der Waals surface area (Å²) in [6.45, 7) is 8.59. The lowest BCUT2D eigenvalue weighted by Gasteiger charge is -2.17. The zero-order valence-corrected chi connectivity index (χ0v) is 12.0. The Morgan fingerprint density at radius 1 is 1.17 bits per heavy atom. The van der Waals surface area contributed by atoms with E-state index >= 15 is 0 Å². The van der Waals surface area contributed by atoms with Crippen LogP contribution in [0.1, 0.15) is 55.7 Å². The van der Waals surface area contributed by atoms with Crippen LogP contribution in [0.5, 0.6) is 0 Å². The Morgan fingerprint density at radius 3 is 2.28 bits per heavy atom. The average molecular weight is 248 g/mol. The number of aryl methyl sites for hydroxylation is 2. The molecule has 0 bridgehead atoms. The maximum Gasteiger partial charge on any atom is 0.313 e. The van der Waals surface area contributed by atoms with Crippen LogP contribution in [0.15, 0.2) is 18.2 Å². The van der Waals surface area contributed by atoms with Gasteiger partial charge in [-0.3, -0.25) is 4.79 Å². The number of hydrogen-bond acceptors (Lipinski definition) is 2. The molecule has 0 aliphatic carbocycles. The molecule has 1 aromatic carbocycles. The highest BCUT2D eigenvalue weighted by atomic mass is 16.5. The minimum absolute atomic E-state index is 0.0871. The highest BCUT2D eigenvalue weighted by Gasteiger charge is 2.21. The zero-order valence-electron chi connectivity index (χ0n) is 12.0. The standard InChI is InChI=1S/C16H24O2/c1-5-7-8-15(16(17)18-6-2)14-10-12(3)9-13(4)11-14/h9-11,15H,5-8H2,1-4H3. The molecule has 0 aliphatic rings. The summed E-state index contributed by atoms with van der Waals surface area (Å²) in [5.41, 5.74) is 3.51. The topological polar surface area (TPSA) is 26.3 Å². The summed E-state index contributed by atoms with van der Waals surface area (Å²) in [6.07, 6.45) is 3.02. The molecule has 18 heavy (non-hydrogen) atoms. The molecule has 0 amide bonds. The summed E-state index contributed by atoms with van der Waals surface area (Å²) in [5, 5.41) is 0. The van der Waals surface area contributed by atoms with Gasteiger partial charge in [-0.15, -0.1) is 0 Å². The van der Waals surface area contributed by atoms with E-state index in [2.05, 4.69) is 39.0 Å². The third kappa shape index (κ3) is 4.17. The first-order valence-corrected chi connectivity index (χ1v) is 6.83. The van der Waals surface area contributed by atoms with E-state index in [9.17, 15) is 4.79 Å². The van der Waals surface area contributed by atoms with Gasteiger partial charge in [-0.2, -0.15) is 0 Å². The van der Waals surface area contributed by atoms with Crippen LogP contribution in [0.2, 0.25) is 0 Å². The van der Waals surface area contributed by atoms with Crippen molar-refractivity contribution in [1.82, 2.24) is 0 Å². The van der Waals surface area contributed by atoms with E-state index in [1.165, 1.54) is 11.1 Å². The van der Waals surface area contributed by atoms with Gasteiger partial charge >= 0.3 is 5.97 Å². The molecule has 0 saturated carbocycles. The Bertz CT molecular complexity index is 376. The average Bonchev–Trinajstić information content (AvgIpc) is 2.28. The van der Waals surface area contributed by atoms with Gasteiger partial charge in [0.05, 0.1) is 12.5 Å². The Kier molecular flexibility index (Phi) is 5.90. The Hall–Kier alpha value is -1.31. The summed E-state index contributed by atoms with van der Waals surface area (Å²) < 4.78 is 5.20. The van der Waals surface area contributed by atoms with Gasteiger partial charge in [0.15, 0.2) is 0 Å². The maximum atomic E-state index is 12.0.